The van der Waals surface area contributed by atoms with Gasteiger partial charge in [-0.25, -0.2) is 4.79 Å². The van der Waals surface area contributed by atoms with Gasteiger partial charge in [0.25, 0.3) is 5.69 Å². The molecule has 30 heavy (non-hydrogen) atoms. The molecule has 0 amide bonds. The molecule has 4 rings (SSSR count). The zero-order valence-corrected chi connectivity index (χ0v) is 16.4. The molecule has 2 aromatic carbocycles. The molecule has 150 valence electrons. The molecule has 1 aromatic heterocycles. The van der Waals surface area contributed by atoms with E-state index in [9.17, 15) is 20.0 Å². The number of non-ortho nitro benzene ring substituents is 1. The van der Waals surface area contributed by atoms with E-state index in [1.165, 1.54) is 12.1 Å². The Bertz CT molecular complexity index is 1250. The van der Waals surface area contributed by atoms with E-state index in [1.807, 2.05) is 37.3 Å². The van der Waals surface area contributed by atoms with E-state index in [1.54, 1.807) is 25.3 Å². The maximum absolute atomic E-state index is 12.2. The Hall–Kier alpha value is -4.00. The zero-order valence-electron chi connectivity index (χ0n) is 16.4. The Labute approximate surface area is 172 Å². The van der Waals surface area contributed by atoms with Crippen LogP contribution >= 0.6 is 0 Å². The highest BCUT2D eigenvalue weighted by Crippen LogP contribution is 2.44. The highest BCUT2D eigenvalue weighted by molar-refractivity contribution is 6.00. The lowest BCUT2D eigenvalue weighted by Gasteiger charge is -2.31. The van der Waals surface area contributed by atoms with Gasteiger partial charge in [0.1, 0.15) is 0 Å². The first-order valence-electron chi connectivity index (χ1n) is 9.39. The Morgan fingerprint density at radius 3 is 2.60 bits per heavy atom. The molecule has 0 aliphatic carbocycles. The molecule has 0 saturated heterocycles. The number of aromatic nitrogens is 1. The van der Waals surface area contributed by atoms with Crippen molar-refractivity contribution in [2.75, 3.05) is 0 Å². The van der Waals surface area contributed by atoms with Crippen molar-refractivity contribution in [1.29, 1.82) is 0 Å². The van der Waals surface area contributed by atoms with Crippen molar-refractivity contribution in [3.05, 3.63) is 99.1 Å². The number of rotatable bonds is 4. The number of benzene rings is 2. The van der Waals surface area contributed by atoms with Crippen LogP contribution < -0.4 is 5.32 Å². The second-order valence-electron chi connectivity index (χ2n) is 7.17. The molecule has 0 fully saturated rings. The smallest absolute Gasteiger partial charge is 0.334 e. The van der Waals surface area contributed by atoms with E-state index in [-0.39, 0.29) is 11.3 Å². The first kappa shape index (κ1) is 19.3. The molecule has 1 unspecified atom stereocenters. The van der Waals surface area contributed by atoms with Gasteiger partial charge >= 0.3 is 5.97 Å². The largest absolute Gasteiger partial charge is 0.478 e. The molecule has 0 spiro atoms. The summed E-state index contributed by atoms with van der Waals surface area (Å²) in [4.78, 5) is 27.7. The van der Waals surface area contributed by atoms with Crippen LogP contribution in [0.15, 0.2) is 77.8 Å². The van der Waals surface area contributed by atoms with Crippen LogP contribution in [0.3, 0.4) is 0 Å². The molecular formula is C23H19N3O4. The minimum absolute atomic E-state index is 0.0868. The molecule has 7 heteroatoms. The summed E-state index contributed by atoms with van der Waals surface area (Å²) in [5.74, 6) is -1.79. The minimum Gasteiger partial charge on any atom is -0.478 e. The summed E-state index contributed by atoms with van der Waals surface area (Å²) in [6.07, 6.45) is 1.69. The number of nitro groups is 1. The van der Waals surface area contributed by atoms with Gasteiger partial charge in [0.2, 0.25) is 0 Å². The second-order valence-corrected chi connectivity index (χ2v) is 7.17. The summed E-state index contributed by atoms with van der Waals surface area (Å²) >= 11 is 0. The standard InChI is InChI=1S/C23H19N3O4/c1-13-19(22-18-9-4-3-6-15(18)10-11-24-22)21(20(23(27)28)14(2)25-13)16-7-5-8-17(12-16)26(29)30/h3-12,21,25H,1-2H3,(H,27,28). The summed E-state index contributed by atoms with van der Waals surface area (Å²) in [7, 11) is 0. The molecular weight excluding hydrogens is 382 g/mol. The molecule has 2 N–H and O–H groups in total. The number of dihydropyridines is 1. The van der Waals surface area contributed by atoms with E-state index in [4.69, 9.17) is 0 Å². The molecule has 1 aliphatic heterocycles. The molecule has 1 aliphatic rings. The fraction of sp³-hybridized carbons (Fsp3) is 0.130. The number of carboxylic acids is 1. The van der Waals surface area contributed by atoms with Gasteiger partial charge in [-0.05, 0) is 30.9 Å². The highest BCUT2D eigenvalue weighted by Gasteiger charge is 2.35. The number of hydrogen-bond donors (Lipinski definition) is 2. The Kier molecular flexibility index (Phi) is 4.79. The SMILES string of the molecule is CC1=C(C(=O)O)C(c2cccc([N+](=O)[O-])c2)C(c2nccc3ccccc23)=C(C)N1. The van der Waals surface area contributed by atoms with Crippen LogP contribution in [-0.2, 0) is 4.79 Å². The Morgan fingerprint density at radius 2 is 1.87 bits per heavy atom. The first-order valence-corrected chi connectivity index (χ1v) is 9.39. The summed E-state index contributed by atoms with van der Waals surface area (Å²) in [6.45, 7) is 3.57. The molecule has 0 bridgehead atoms. The van der Waals surface area contributed by atoms with Gasteiger partial charge in [-0.15, -0.1) is 0 Å². The van der Waals surface area contributed by atoms with Crippen LogP contribution in [0.4, 0.5) is 5.69 Å². The third kappa shape index (κ3) is 3.20. The molecule has 1 atom stereocenters. The van der Waals surface area contributed by atoms with Gasteiger partial charge < -0.3 is 10.4 Å². The summed E-state index contributed by atoms with van der Waals surface area (Å²) in [5.41, 5.74) is 3.20. The lowest BCUT2D eigenvalue weighted by atomic mass is 9.78. The van der Waals surface area contributed by atoms with Crippen molar-refractivity contribution < 1.29 is 14.8 Å². The predicted octanol–water partition coefficient (Wildman–Crippen LogP) is 4.62. The van der Waals surface area contributed by atoms with Crippen LogP contribution in [0.2, 0.25) is 0 Å². The maximum Gasteiger partial charge on any atom is 0.334 e. The van der Waals surface area contributed by atoms with Crippen molar-refractivity contribution >= 4 is 28.0 Å². The number of pyridine rings is 1. The lowest BCUT2D eigenvalue weighted by molar-refractivity contribution is -0.384. The quantitative estimate of drug-likeness (QED) is 0.488. The van der Waals surface area contributed by atoms with Crippen molar-refractivity contribution in [3.8, 4) is 0 Å². The van der Waals surface area contributed by atoms with Crippen LogP contribution in [0.1, 0.15) is 31.0 Å². The van der Waals surface area contributed by atoms with E-state index in [0.717, 1.165) is 16.5 Å². The zero-order chi connectivity index (χ0) is 21.4. The number of nitrogens with one attached hydrogen (secondary N) is 1. The minimum atomic E-state index is -1.08. The summed E-state index contributed by atoms with van der Waals surface area (Å²) in [6, 6.07) is 15.8. The lowest BCUT2D eigenvalue weighted by Crippen LogP contribution is -2.27. The molecule has 2 heterocycles. The molecule has 0 radical (unpaired) electrons. The third-order valence-electron chi connectivity index (χ3n) is 5.33. The average Bonchev–Trinajstić information content (AvgIpc) is 2.72. The van der Waals surface area contributed by atoms with Crippen LogP contribution in [0.5, 0.6) is 0 Å². The Morgan fingerprint density at radius 1 is 1.10 bits per heavy atom. The number of nitrogens with zero attached hydrogens (tertiary/aromatic N) is 2. The van der Waals surface area contributed by atoms with Gasteiger partial charge in [-0.2, -0.15) is 0 Å². The third-order valence-corrected chi connectivity index (χ3v) is 5.33. The number of hydrogen-bond acceptors (Lipinski definition) is 5. The van der Waals surface area contributed by atoms with Crippen LogP contribution in [0, 0.1) is 10.1 Å². The van der Waals surface area contributed by atoms with E-state index < -0.39 is 16.8 Å². The van der Waals surface area contributed by atoms with Crippen molar-refractivity contribution in [2.24, 2.45) is 0 Å². The van der Waals surface area contributed by atoms with Gasteiger partial charge in [0.05, 0.1) is 16.2 Å². The average molecular weight is 401 g/mol. The van der Waals surface area contributed by atoms with E-state index >= 15 is 0 Å². The number of carboxylic acid groups (broad SMARTS) is 1. The summed E-state index contributed by atoms with van der Waals surface area (Å²) in [5, 5.41) is 26.4. The number of nitro benzene ring substituents is 1. The highest BCUT2D eigenvalue weighted by atomic mass is 16.6. The van der Waals surface area contributed by atoms with E-state index in [0.29, 0.717) is 22.5 Å². The van der Waals surface area contributed by atoms with Crippen LogP contribution in [0.25, 0.3) is 16.3 Å². The molecule has 7 nitrogen and oxygen atoms in total. The van der Waals surface area contributed by atoms with Gasteiger partial charge in [-0.3, -0.25) is 15.1 Å². The predicted molar refractivity (Wildman–Crippen MR) is 114 cm³/mol. The maximum atomic E-state index is 12.2. The van der Waals surface area contributed by atoms with E-state index in [2.05, 4.69) is 10.3 Å². The number of aliphatic carboxylic acids is 1. The number of fused-ring (bicyclic) bond motifs is 1. The van der Waals surface area contributed by atoms with Crippen LogP contribution in [-0.4, -0.2) is 21.0 Å². The number of carbonyl (C=O) groups is 1. The summed E-state index contributed by atoms with van der Waals surface area (Å²) < 4.78 is 0. The van der Waals surface area contributed by atoms with Gasteiger partial charge in [0, 0.05) is 46.6 Å². The fourth-order valence-electron chi connectivity index (χ4n) is 4.08. The van der Waals surface area contributed by atoms with Crippen molar-refractivity contribution in [2.45, 2.75) is 19.8 Å². The van der Waals surface area contributed by atoms with Crippen molar-refractivity contribution in [3.63, 3.8) is 0 Å². The van der Waals surface area contributed by atoms with Gasteiger partial charge in [-0.1, -0.05) is 36.4 Å². The molecule has 3 aromatic rings. The second kappa shape index (κ2) is 7.44. The first-order chi connectivity index (χ1) is 14.4. The topological polar surface area (TPSA) is 105 Å². The normalized spacial score (nSPS) is 16.5. The Balaban J connectivity index is 2.02. The fourth-order valence-corrected chi connectivity index (χ4v) is 4.08. The van der Waals surface area contributed by atoms with Gasteiger partial charge in [0.15, 0.2) is 0 Å². The number of allylic oxidation sites excluding steroid dienone is 3. The molecule has 0 saturated carbocycles. The monoisotopic (exact) mass is 401 g/mol. The van der Waals surface area contributed by atoms with Crippen molar-refractivity contribution in [1.82, 2.24) is 10.3 Å².